The Morgan fingerprint density at radius 3 is 2.62 bits per heavy atom. The smallest absolute Gasteiger partial charge is 0.410 e. The average Bonchev–Trinajstić information content (AvgIpc) is 3.55. The van der Waals surface area contributed by atoms with Crippen LogP contribution in [0.25, 0.3) is 22.2 Å². The Bertz CT molecular complexity index is 1440. The zero-order chi connectivity index (χ0) is 28.8. The number of amides is 2. The maximum Gasteiger partial charge on any atom is 0.410 e. The van der Waals surface area contributed by atoms with Crippen LogP contribution in [0.5, 0.6) is 11.5 Å². The van der Waals surface area contributed by atoms with Gasteiger partial charge in [0.15, 0.2) is 11.6 Å². The molecule has 1 aliphatic heterocycles. The van der Waals surface area contributed by atoms with E-state index in [1.54, 1.807) is 46.0 Å². The van der Waals surface area contributed by atoms with Crippen LogP contribution in [0, 0.1) is 18.7 Å². The SMILES string of the molecule is COc1cc(-c2ccnc3c(C(=O)N[C@@H]4CN(C(=O)OC(C)(C)C)C[C@H]4O)c(C)[nH]c23)c(OCC2CC2)cc1F. The molecular formula is C29H35FN4O6. The van der Waals surface area contributed by atoms with Crippen LogP contribution >= 0.6 is 0 Å². The van der Waals surface area contributed by atoms with E-state index in [2.05, 4.69) is 15.3 Å². The van der Waals surface area contributed by atoms with Crippen LogP contribution in [0.2, 0.25) is 0 Å². The summed E-state index contributed by atoms with van der Waals surface area (Å²) in [6.07, 6.45) is 2.26. The first kappa shape index (κ1) is 27.7. The Hall–Kier alpha value is -3.86. The maximum absolute atomic E-state index is 14.6. The molecule has 11 heteroatoms. The lowest BCUT2D eigenvalue weighted by Gasteiger charge is -2.24. The number of fused-ring (bicyclic) bond motifs is 1. The summed E-state index contributed by atoms with van der Waals surface area (Å²) in [5.41, 5.74) is 2.49. The highest BCUT2D eigenvalue weighted by Gasteiger charge is 2.37. The van der Waals surface area contributed by atoms with Gasteiger partial charge in [-0.05, 0) is 58.6 Å². The standard InChI is InChI=1S/C29H35FN4O6/c1-15-24(27(36)33-20-12-34(13-21(20)35)28(37)40-29(2,3)4)26-25(32-15)17(8-9-31-26)18-10-23(38-5)19(30)11-22(18)39-14-16-6-7-16/h8-11,16,20-21,32,35H,6-7,12-14H2,1-5H3,(H,33,36)/t20-,21-/m1/s1. The number of rotatable bonds is 7. The Morgan fingerprint density at radius 2 is 1.95 bits per heavy atom. The fourth-order valence-corrected chi connectivity index (χ4v) is 4.87. The number of hydrogen-bond donors (Lipinski definition) is 3. The Morgan fingerprint density at radius 1 is 1.20 bits per heavy atom. The van der Waals surface area contributed by atoms with Crippen molar-refractivity contribution in [1.29, 1.82) is 0 Å². The van der Waals surface area contributed by atoms with E-state index in [1.165, 1.54) is 18.1 Å². The topological polar surface area (TPSA) is 126 Å². The van der Waals surface area contributed by atoms with Crippen LogP contribution in [0.4, 0.5) is 9.18 Å². The van der Waals surface area contributed by atoms with E-state index in [0.29, 0.717) is 51.7 Å². The van der Waals surface area contributed by atoms with Gasteiger partial charge in [0, 0.05) is 35.6 Å². The molecule has 0 spiro atoms. The lowest BCUT2D eigenvalue weighted by atomic mass is 10.0. The normalized spacial score (nSPS) is 19.1. The first-order valence-electron chi connectivity index (χ1n) is 13.4. The number of aromatic nitrogens is 2. The Kier molecular flexibility index (Phi) is 7.34. The monoisotopic (exact) mass is 554 g/mol. The second-order valence-corrected chi connectivity index (χ2v) is 11.5. The number of nitrogens with one attached hydrogen (secondary N) is 2. The maximum atomic E-state index is 14.6. The second-order valence-electron chi connectivity index (χ2n) is 11.5. The number of nitrogens with zero attached hydrogens (tertiary/aromatic N) is 2. The highest BCUT2D eigenvalue weighted by Crippen LogP contribution is 2.40. The third-order valence-electron chi connectivity index (χ3n) is 7.08. The quantitative estimate of drug-likeness (QED) is 0.400. The van der Waals surface area contributed by atoms with Crippen LogP contribution in [0.15, 0.2) is 24.4 Å². The summed E-state index contributed by atoms with van der Waals surface area (Å²) < 4.78 is 31.3. The summed E-state index contributed by atoms with van der Waals surface area (Å²) in [6.45, 7) is 7.71. The summed E-state index contributed by atoms with van der Waals surface area (Å²) in [4.78, 5) is 35.1. The largest absolute Gasteiger partial charge is 0.494 e. The Balaban J connectivity index is 1.43. The average molecular weight is 555 g/mol. The second kappa shape index (κ2) is 10.6. The lowest BCUT2D eigenvalue weighted by molar-refractivity contribution is 0.0269. The number of aliphatic hydroxyl groups excluding tert-OH is 1. The molecular weight excluding hydrogens is 519 g/mol. The van der Waals surface area contributed by atoms with Gasteiger partial charge in [0.1, 0.15) is 16.9 Å². The number of H-pyrrole nitrogens is 1. The van der Waals surface area contributed by atoms with Gasteiger partial charge in [0.2, 0.25) is 0 Å². The minimum Gasteiger partial charge on any atom is -0.494 e. The van der Waals surface area contributed by atoms with Gasteiger partial charge in [-0.2, -0.15) is 0 Å². The zero-order valence-electron chi connectivity index (χ0n) is 23.3. The van der Waals surface area contributed by atoms with Crippen molar-refractivity contribution in [3.8, 4) is 22.6 Å². The van der Waals surface area contributed by atoms with Gasteiger partial charge in [-0.1, -0.05) is 0 Å². The number of aromatic amines is 1. The lowest BCUT2D eigenvalue weighted by Crippen LogP contribution is -2.43. The number of carbonyl (C=O) groups is 2. The zero-order valence-corrected chi connectivity index (χ0v) is 23.3. The summed E-state index contributed by atoms with van der Waals surface area (Å²) in [6, 6.07) is 4.00. The molecule has 2 amide bonds. The minimum atomic E-state index is -0.955. The number of pyridine rings is 1. The van der Waals surface area contributed by atoms with Crippen LogP contribution in [-0.2, 0) is 4.74 Å². The van der Waals surface area contributed by atoms with E-state index in [1.807, 2.05) is 0 Å². The molecule has 1 saturated carbocycles. The third-order valence-corrected chi connectivity index (χ3v) is 7.08. The third kappa shape index (κ3) is 5.70. The van der Waals surface area contributed by atoms with Crippen molar-refractivity contribution < 1.29 is 33.3 Å². The van der Waals surface area contributed by atoms with Gasteiger partial charge in [0.25, 0.3) is 5.91 Å². The van der Waals surface area contributed by atoms with Crippen molar-refractivity contribution in [1.82, 2.24) is 20.2 Å². The molecule has 0 radical (unpaired) electrons. The Labute approximate surface area is 231 Å². The number of aryl methyl sites for hydroxylation is 1. The summed E-state index contributed by atoms with van der Waals surface area (Å²) in [7, 11) is 1.40. The highest BCUT2D eigenvalue weighted by atomic mass is 19.1. The number of likely N-dealkylation sites (tertiary alicyclic amines) is 1. The molecule has 5 rings (SSSR count). The van der Waals surface area contributed by atoms with Gasteiger partial charge in [-0.15, -0.1) is 0 Å². The first-order valence-corrected chi connectivity index (χ1v) is 13.4. The van der Waals surface area contributed by atoms with Crippen molar-refractivity contribution in [2.24, 2.45) is 5.92 Å². The van der Waals surface area contributed by atoms with Gasteiger partial charge < -0.3 is 34.5 Å². The van der Waals surface area contributed by atoms with E-state index in [-0.39, 0.29) is 18.8 Å². The van der Waals surface area contributed by atoms with Gasteiger partial charge >= 0.3 is 6.09 Å². The molecule has 10 nitrogen and oxygen atoms in total. The minimum absolute atomic E-state index is 0.0468. The number of benzene rings is 1. The van der Waals surface area contributed by atoms with E-state index >= 15 is 0 Å². The van der Waals surface area contributed by atoms with Crippen molar-refractivity contribution in [3.63, 3.8) is 0 Å². The number of β-amino-alcohol motifs (C(OH)–C–C–N with tert-alkyl or cyclic N) is 1. The van der Waals surface area contributed by atoms with Crippen molar-refractivity contribution in [3.05, 3.63) is 41.5 Å². The van der Waals surface area contributed by atoms with E-state index in [0.717, 1.165) is 12.8 Å². The molecule has 2 fully saturated rings. The summed E-state index contributed by atoms with van der Waals surface area (Å²) >= 11 is 0. The van der Waals surface area contributed by atoms with Gasteiger partial charge in [-0.25, -0.2) is 9.18 Å². The number of ether oxygens (including phenoxy) is 3. The first-order chi connectivity index (χ1) is 18.9. The number of halogens is 1. The molecule has 3 N–H and O–H groups in total. The number of methoxy groups -OCH3 is 1. The van der Waals surface area contributed by atoms with E-state index < -0.39 is 35.6 Å². The summed E-state index contributed by atoms with van der Waals surface area (Å²) in [5.74, 6) is -0.0429. The number of hydrogen-bond acceptors (Lipinski definition) is 7. The molecule has 1 saturated heterocycles. The number of carbonyl (C=O) groups excluding carboxylic acids is 2. The highest BCUT2D eigenvalue weighted by molar-refractivity contribution is 6.10. The molecule has 40 heavy (non-hydrogen) atoms. The van der Waals surface area contributed by atoms with Crippen LogP contribution in [0.3, 0.4) is 0 Å². The van der Waals surface area contributed by atoms with Crippen molar-refractivity contribution >= 4 is 23.0 Å². The molecule has 2 atom stereocenters. The predicted molar refractivity (Wildman–Crippen MR) is 146 cm³/mol. The van der Waals surface area contributed by atoms with Crippen molar-refractivity contribution in [2.45, 2.75) is 58.3 Å². The van der Waals surface area contributed by atoms with Crippen LogP contribution < -0.4 is 14.8 Å². The molecule has 3 aromatic rings. The molecule has 1 aromatic carbocycles. The van der Waals surface area contributed by atoms with Gasteiger partial charge in [-0.3, -0.25) is 9.78 Å². The van der Waals surface area contributed by atoms with E-state index in [9.17, 15) is 19.1 Å². The van der Waals surface area contributed by atoms with Crippen LogP contribution in [-0.4, -0.2) is 76.5 Å². The fourth-order valence-electron chi connectivity index (χ4n) is 4.87. The molecule has 0 bridgehead atoms. The molecule has 214 valence electrons. The summed E-state index contributed by atoms with van der Waals surface area (Å²) in [5, 5.41) is 13.4. The molecule has 2 aliphatic rings. The van der Waals surface area contributed by atoms with Crippen LogP contribution in [0.1, 0.15) is 49.7 Å². The van der Waals surface area contributed by atoms with Crippen molar-refractivity contribution in [2.75, 3.05) is 26.8 Å². The molecule has 1 aliphatic carbocycles. The molecule has 0 unspecified atom stereocenters. The predicted octanol–water partition coefficient (Wildman–Crippen LogP) is 4.18. The molecule has 3 heterocycles. The number of aliphatic hydroxyl groups is 1. The van der Waals surface area contributed by atoms with Gasteiger partial charge in [0.05, 0.1) is 43.5 Å². The molecule has 2 aromatic heterocycles. The fraction of sp³-hybridized carbons (Fsp3) is 0.483. The van der Waals surface area contributed by atoms with E-state index in [4.69, 9.17) is 14.2 Å².